The van der Waals surface area contributed by atoms with Crippen LogP contribution in [0.25, 0.3) is 0 Å². The van der Waals surface area contributed by atoms with E-state index in [1.165, 1.54) is 0 Å². The predicted molar refractivity (Wildman–Crippen MR) is 212 cm³/mol. The Bertz CT molecular complexity index is 1120. The fourth-order valence-corrected chi connectivity index (χ4v) is 6.61. The molecule has 6 N–H and O–H groups in total. The molecule has 0 amide bonds. The van der Waals surface area contributed by atoms with Gasteiger partial charge in [0.15, 0.2) is 0 Å². The van der Waals surface area contributed by atoms with Crippen LogP contribution in [-0.2, 0) is 27.9 Å². The number of hydrogen-bond donors (Lipinski definition) is 6. The highest BCUT2D eigenvalue weighted by Gasteiger charge is 2.51. The molecule has 0 saturated heterocycles. The monoisotopic (exact) mass is 786 g/mol. The summed E-state index contributed by atoms with van der Waals surface area (Å²) in [7, 11) is -5.02. The highest BCUT2D eigenvalue weighted by atomic mass is 31.2. The SMILES string of the molecule is CC/C=C\C/C=C\C/C=C\CCCCCCOCC(COP(=O)(O)OC1C(O)C(O)C(O)C(O)C1O)OC(=O)CCCCCCC/C=C\C/C=C\CCC. The Balaban J connectivity index is 2.49. The van der Waals surface area contributed by atoms with Gasteiger partial charge in [0.1, 0.15) is 42.7 Å². The summed E-state index contributed by atoms with van der Waals surface area (Å²) in [5, 5.41) is 50.0. The molecule has 54 heavy (non-hydrogen) atoms. The molecule has 0 aliphatic heterocycles. The maximum absolute atomic E-state index is 12.8. The van der Waals surface area contributed by atoms with Gasteiger partial charge in [0, 0.05) is 13.0 Å². The fraction of sp³-hybridized carbons (Fsp3) is 0.732. The number of aliphatic hydroxyl groups is 5. The Kier molecular flexibility index (Phi) is 29.8. The van der Waals surface area contributed by atoms with Gasteiger partial charge in [-0.15, -0.1) is 0 Å². The number of hydrogen-bond acceptors (Lipinski definition) is 11. The lowest BCUT2D eigenvalue weighted by molar-refractivity contribution is -0.220. The minimum absolute atomic E-state index is 0.101. The van der Waals surface area contributed by atoms with Crippen LogP contribution in [0.2, 0.25) is 0 Å². The molecule has 6 atom stereocenters. The van der Waals surface area contributed by atoms with Crippen LogP contribution in [0.4, 0.5) is 0 Å². The number of phosphoric ester groups is 1. The van der Waals surface area contributed by atoms with Crippen LogP contribution >= 0.6 is 7.82 Å². The van der Waals surface area contributed by atoms with E-state index in [0.29, 0.717) is 13.0 Å². The van der Waals surface area contributed by atoms with Crippen LogP contribution in [0.3, 0.4) is 0 Å². The molecule has 312 valence electrons. The molecule has 1 fully saturated rings. The summed E-state index contributed by atoms with van der Waals surface area (Å²) in [6.45, 7) is 3.98. The van der Waals surface area contributed by atoms with Crippen LogP contribution in [0.1, 0.15) is 129 Å². The molecular formula is C41H71O12P. The lowest BCUT2D eigenvalue weighted by atomic mass is 9.85. The topological polar surface area (TPSA) is 192 Å². The predicted octanol–water partition coefficient (Wildman–Crippen LogP) is 7.08. The van der Waals surface area contributed by atoms with Gasteiger partial charge in [0.25, 0.3) is 0 Å². The van der Waals surface area contributed by atoms with Gasteiger partial charge in [-0.1, -0.05) is 113 Å². The normalized spacial score (nSPS) is 24.1. The molecule has 1 saturated carbocycles. The largest absolute Gasteiger partial charge is 0.472 e. The second kappa shape index (κ2) is 32.2. The van der Waals surface area contributed by atoms with Gasteiger partial charge < -0.3 is 39.9 Å². The molecule has 6 unspecified atom stereocenters. The summed E-state index contributed by atoms with van der Waals surface area (Å²) in [5.74, 6) is -0.504. The van der Waals surface area contributed by atoms with E-state index in [2.05, 4.69) is 74.6 Å². The van der Waals surface area contributed by atoms with Gasteiger partial charge in [0.05, 0.1) is 13.2 Å². The number of esters is 1. The fourth-order valence-electron chi connectivity index (χ4n) is 5.64. The molecule has 0 aromatic rings. The summed E-state index contributed by atoms with van der Waals surface area (Å²) in [6.07, 6.45) is 25.9. The zero-order chi connectivity index (χ0) is 39.9. The van der Waals surface area contributed by atoms with Gasteiger partial charge in [0.2, 0.25) is 0 Å². The second-order valence-corrected chi connectivity index (χ2v) is 15.2. The number of allylic oxidation sites excluding steroid dienone is 10. The Hall–Kier alpha value is -1.96. The summed E-state index contributed by atoms with van der Waals surface area (Å²) < 4.78 is 34.0. The van der Waals surface area contributed by atoms with Crippen LogP contribution in [0.5, 0.6) is 0 Å². The van der Waals surface area contributed by atoms with Crippen molar-refractivity contribution in [2.24, 2.45) is 0 Å². The first-order valence-corrected chi connectivity index (χ1v) is 21.6. The van der Waals surface area contributed by atoms with Crippen molar-refractivity contribution in [3.63, 3.8) is 0 Å². The average Bonchev–Trinajstić information content (AvgIpc) is 3.15. The van der Waals surface area contributed by atoms with Gasteiger partial charge in [-0.05, 0) is 70.6 Å². The van der Waals surface area contributed by atoms with E-state index < -0.39 is 63.1 Å². The smallest absolute Gasteiger partial charge is 0.457 e. The molecule has 0 heterocycles. The minimum atomic E-state index is -5.02. The third-order valence-electron chi connectivity index (χ3n) is 8.86. The highest BCUT2D eigenvalue weighted by Crippen LogP contribution is 2.47. The summed E-state index contributed by atoms with van der Waals surface area (Å²) >= 11 is 0. The zero-order valence-corrected chi connectivity index (χ0v) is 33.6. The lowest BCUT2D eigenvalue weighted by Gasteiger charge is -2.41. The molecule has 1 rings (SSSR count). The Morgan fingerprint density at radius 2 is 1.09 bits per heavy atom. The van der Waals surface area contributed by atoms with E-state index >= 15 is 0 Å². The van der Waals surface area contributed by atoms with Crippen molar-refractivity contribution in [3.8, 4) is 0 Å². The first-order valence-electron chi connectivity index (χ1n) is 20.1. The van der Waals surface area contributed by atoms with Crippen molar-refractivity contribution in [2.45, 2.75) is 172 Å². The first-order chi connectivity index (χ1) is 26.0. The highest BCUT2D eigenvalue weighted by molar-refractivity contribution is 7.47. The van der Waals surface area contributed by atoms with Crippen molar-refractivity contribution in [1.82, 2.24) is 0 Å². The van der Waals surface area contributed by atoms with Crippen LogP contribution < -0.4 is 0 Å². The molecule has 0 radical (unpaired) electrons. The summed E-state index contributed by atoms with van der Waals surface area (Å²) in [5.41, 5.74) is 0. The number of phosphoric acid groups is 1. The maximum Gasteiger partial charge on any atom is 0.472 e. The van der Waals surface area contributed by atoms with E-state index in [1.54, 1.807) is 0 Å². The van der Waals surface area contributed by atoms with Crippen LogP contribution in [0.15, 0.2) is 60.8 Å². The van der Waals surface area contributed by atoms with Gasteiger partial charge >= 0.3 is 13.8 Å². The number of aliphatic hydroxyl groups excluding tert-OH is 5. The Morgan fingerprint density at radius 3 is 1.67 bits per heavy atom. The van der Waals surface area contributed by atoms with Crippen LogP contribution in [0, 0.1) is 0 Å². The number of carbonyl (C=O) groups excluding carboxylic acids is 1. The Labute approximate surface area is 324 Å². The quantitative estimate of drug-likeness (QED) is 0.0176. The summed E-state index contributed by atoms with van der Waals surface area (Å²) in [6, 6.07) is 0. The van der Waals surface area contributed by atoms with E-state index in [1.807, 2.05) is 0 Å². The molecule has 0 aromatic carbocycles. The van der Waals surface area contributed by atoms with E-state index in [4.69, 9.17) is 18.5 Å². The standard InChI is InChI=1S/C41H71O12P/c1-3-5-7-9-11-13-15-17-19-21-23-25-27-29-31-50-32-34(33-51-54(48,49)53-41-39(46)37(44)36(43)38(45)40(41)47)52-35(42)30-28-26-24-22-20-18-16-14-12-10-8-6-4-2/h5,7-8,10-11,13-14,16-17,19,34,36-41,43-47H,3-4,6,9,12,15,18,20-33H2,1-2H3,(H,48,49)/b7-5-,10-8-,13-11-,16-14-,19-17-. The number of unbranched alkanes of at least 4 members (excludes halogenated alkanes) is 10. The van der Waals surface area contributed by atoms with Crippen molar-refractivity contribution in [1.29, 1.82) is 0 Å². The summed E-state index contributed by atoms with van der Waals surface area (Å²) in [4.78, 5) is 23.0. The van der Waals surface area contributed by atoms with Gasteiger partial charge in [-0.3, -0.25) is 13.8 Å². The molecule has 12 nitrogen and oxygen atoms in total. The first kappa shape index (κ1) is 50.1. The molecular weight excluding hydrogens is 715 g/mol. The molecule has 1 aliphatic carbocycles. The van der Waals surface area contributed by atoms with Crippen molar-refractivity contribution < 1.29 is 58.3 Å². The van der Waals surface area contributed by atoms with E-state index in [-0.39, 0.29) is 13.0 Å². The second-order valence-electron chi connectivity index (χ2n) is 13.7. The van der Waals surface area contributed by atoms with E-state index in [9.17, 15) is 39.8 Å². The van der Waals surface area contributed by atoms with Gasteiger partial charge in [-0.25, -0.2) is 4.57 Å². The number of ether oxygens (including phenoxy) is 2. The average molecular weight is 787 g/mol. The van der Waals surface area contributed by atoms with E-state index in [0.717, 1.165) is 103 Å². The molecule has 13 heteroatoms. The maximum atomic E-state index is 12.8. The molecule has 0 spiro atoms. The molecule has 0 bridgehead atoms. The number of carbonyl (C=O) groups is 1. The third-order valence-corrected chi connectivity index (χ3v) is 9.84. The van der Waals surface area contributed by atoms with Crippen molar-refractivity contribution >= 4 is 13.8 Å². The molecule has 1 aliphatic rings. The van der Waals surface area contributed by atoms with Crippen molar-refractivity contribution in [2.75, 3.05) is 19.8 Å². The number of rotatable bonds is 32. The molecule has 0 aromatic heterocycles. The zero-order valence-electron chi connectivity index (χ0n) is 32.7. The Morgan fingerprint density at radius 1 is 0.611 bits per heavy atom. The lowest BCUT2D eigenvalue weighted by Crippen LogP contribution is -2.64. The third kappa shape index (κ3) is 24.5. The minimum Gasteiger partial charge on any atom is -0.457 e. The van der Waals surface area contributed by atoms with Gasteiger partial charge in [-0.2, -0.15) is 0 Å². The van der Waals surface area contributed by atoms with Crippen molar-refractivity contribution in [3.05, 3.63) is 60.8 Å². The van der Waals surface area contributed by atoms with Crippen LogP contribution in [-0.4, -0.2) is 98.9 Å².